The van der Waals surface area contributed by atoms with E-state index in [0.717, 1.165) is 40.1 Å². The van der Waals surface area contributed by atoms with Crippen molar-refractivity contribution in [2.45, 2.75) is 26.7 Å². The molecule has 1 aromatic carbocycles. The average molecular weight is 283 g/mol. The van der Waals surface area contributed by atoms with Gasteiger partial charge >= 0.3 is 0 Å². The summed E-state index contributed by atoms with van der Waals surface area (Å²) in [6.45, 7) is 4.24. The zero-order valence-electron chi connectivity index (χ0n) is 11.7. The number of aryl methyl sites for hydroxylation is 2. The van der Waals surface area contributed by atoms with Crippen LogP contribution in [0, 0.1) is 11.6 Å². The number of aromatic amines is 1. The van der Waals surface area contributed by atoms with E-state index in [2.05, 4.69) is 54.3 Å². The molecule has 0 aliphatic rings. The van der Waals surface area contributed by atoms with E-state index in [4.69, 9.17) is 12.2 Å². The van der Waals surface area contributed by atoms with Gasteiger partial charge in [0.2, 0.25) is 0 Å². The van der Waals surface area contributed by atoms with E-state index < -0.39 is 0 Å². The van der Waals surface area contributed by atoms with Gasteiger partial charge in [0.25, 0.3) is 0 Å². The van der Waals surface area contributed by atoms with Crippen molar-refractivity contribution in [1.82, 2.24) is 14.6 Å². The number of benzene rings is 1. The van der Waals surface area contributed by atoms with Crippen LogP contribution >= 0.6 is 12.2 Å². The molecular formula is C16H17N3S. The minimum atomic E-state index is 0.775. The van der Waals surface area contributed by atoms with Gasteiger partial charge in [0, 0.05) is 11.8 Å². The fraction of sp³-hybridized carbons (Fsp3) is 0.250. The molecule has 0 spiro atoms. The van der Waals surface area contributed by atoms with Gasteiger partial charge in [-0.2, -0.15) is 0 Å². The van der Waals surface area contributed by atoms with Crippen LogP contribution in [0.5, 0.6) is 0 Å². The largest absolute Gasteiger partial charge is 0.291 e. The third kappa shape index (κ3) is 2.39. The Morgan fingerprint density at radius 3 is 2.65 bits per heavy atom. The van der Waals surface area contributed by atoms with Gasteiger partial charge in [-0.25, -0.2) is 9.50 Å². The van der Waals surface area contributed by atoms with E-state index >= 15 is 0 Å². The highest BCUT2D eigenvalue weighted by Crippen LogP contribution is 2.20. The molecule has 3 aromatic rings. The molecule has 0 unspecified atom stereocenters. The van der Waals surface area contributed by atoms with Crippen molar-refractivity contribution in [2.75, 3.05) is 0 Å². The number of hydrogen-bond acceptors (Lipinski definition) is 2. The molecule has 2 heterocycles. The first-order valence-electron chi connectivity index (χ1n) is 6.86. The Kier molecular flexibility index (Phi) is 3.40. The van der Waals surface area contributed by atoms with Crippen LogP contribution < -0.4 is 0 Å². The lowest BCUT2D eigenvalue weighted by atomic mass is 10.1. The fourth-order valence-electron chi connectivity index (χ4n) is 2.31. The normalized spacial score (nSPS) is 11.1. The summed E-state index contributed by atoms with van der Waals surface area (Å²) in [5.41, 5.74) is 5.39. The van der Waals surface area contributed by atoms with Crippen LogP contribution in [0.25, 0.3) is 16.9 Å². The Labute approximate surface area is 123 Å². The van der Waals surface area contributed by atoms with Gasteiger partial charge in [-0.05, 0) is 25.0 Å². The van der Waals surface area contributed by atoms with Gasteiger partial charge in [-0.3, -0.25) is 5.10 Å². The number of nitrogens with zero attached hydrogens (tertiary/aromatic N) is 2. The van der Waals surface area contributed by atoms with Gasteiger partial charge in [0.05, 0.1) is 5.69 Å². The summed E-state index contributed by atoms with van der Waals surface area (Å²) in [5, 5.41) is 3.32. The van der Waals surface area contributed by atoms with Crippen LogP contribution in [0.4, 0.5) is 0 Å². The lowest BCUT2D eigenvalue weighted by Crippen LogP contribution is -1.96. The van der Waals surface area contributed by atoms with Gasteiger partial charge in [0.15, 0.2) is 5.65 Å². The Morgan fingerprint density at radius 2 is 1.95 bits per heavy atom. The SMILES string of the molecule is CCCc1cc(=S)n2[nH]c(-c3ccc(C)cc3)cc2n1. The van der Waals surface area contributed by atoms with Crippen LogP contribution in [0.15, 0.2) is 36.4 Å². The molecule has 3 nitrogen and oxygen atoms in total. The summed E-state index contributed by atoms with van der Waals surface area (Å²) in [7, 11) is 0. The zero-order chi connectivity index (χ0) is 14.1. The van der Waals surface area contributed by atoms with E-state index in [0.29, 0.717) is 0 Å². The second-order valence-electron chi connectivity index (χ2n) is 5.07. The molecule has 0 atom stereocenters. The van der Waals surface area contributed by atoms with Gasteiger partial charge in [-0.15, -0.1) is 0 Å². The lowest BCUT2D eigenvalue weighted by molar-refractivity contribution is 0.853. The molecular weight excluding hydrogens is 266 g/mol. The number of nitrogens with one attached hydrogen (secondary N) is 1. The lowest BCUT2D eigenvalue weighted by Gasteiger charge is -1.99. The van der Waals surface area contributed by atoms with Crippen LogP contribution in [0.2, 0.25) is 0 Å². The van der Waals surface area contributed by atoms with Gasteiger partial charge < -0.3 is 0 Å². The second kappa shape index (κ2) is 5.21. The number of rotatable bonds is 3. The van der Waals surface area contributed by atoms with E-state index in [1.54, 1.807) is 0 Å². The van der Waals surface area contributed by atoms with Crippen LogP contribution in [0.1, 0.15) is 24.6 Å². The molecule has 0 bridgehead atoms. The van der Waals surface area contributed by atoms with Crippen molar-refractivity contribution >= 4 is 17.9 Å². The predicted molar refractivity (Wildman–Crippen MR) is 84.5 cm³/mol. The van der Waals surface area contributed by atoms with E-state index in [9.17, 15) is 0 Å². The second-order valence-corrected chi connectivity index (χ2v) is 5.48. The van der Waals surface area contributed by atoms with Crippen molar-refractivity contribution < 1.29 is 0 Å². The summed E-state index contributed by atoms with van der Waals surface area (Å²) in [6.07, 6.45) is 2.04. The van der Waals surface area contributed by atoms with E-state index in [1.165, 1.54) is 5.56 Å². The average Bonchev–Trinajstić information content (AvgIpc) is 2.84. The quantitative estimate of drug-likeness (QED) is 0.726. The summed E-state index contributed by atoms with van der Waals surface area (Å²) in [6, 6.07) is 12.5. The fourth-order valence-corrected chi connectivity index (χ4v) is 2.58. The molecule has 0 aliphatic carbocycles. The van der Waals surface area contributed by atoms with Gasteiger partial charge in [0.1, 0.15) is 4.64 Å². The summed E-state index contributed by atoms with van der Waals surface area (Å²) in [4.78, 5) is 4.65. The Balaban J connectivity index is 2.12. The van der Waals surface area contributed by atoms with Crippen molar-refractivity contribution in [2.24, 2.45) is 0 Å². The van der Waals surface area contributed by atoms with Crippen molar-refractivity contribution in [1.29, 1.82) is 0 Å². The molecule has 0 saturated carbocycles. The minimum Gasteiger partial charge on any atom is -0.291 e. The molecule has 102 valence electrons. The monoisotopic (exact) mass is 283 g/mol. The molecule has 1 N–H and O–H groups in total. The highest BCUT2D eigenvalue weighted by atomic mass is 32.1. The maximum absolute atomic E-state index is 5.43. The maximum atomic E-state index is 5.43. The van der Waals surface area contributed by atoms with Crippen molar-refractivity contribution in [3.63, 3.8) is 0 Å². The summed E-state index contributed by atoms with van der Waals surface area (Å²) >= 11 is 5.43. The standard InChI is InChI=1S/C16H17N3S/c1-3-4-13-9-16(20)19-15(17-13)10-14(18-19)12-7-5-11(2)6-8-12/h5-10,18H,3-4H2,1-2H3. The molecule has 0 amide bonds. The van der Waals surface area contributed by atoms with Crippen molar-refractivity contribution in [3.05, 3.63) is 52.3 Å². The Hall–Kier alpha value is -1.94. The predicted octanol–water partition coefficient (Wildman–Crippen LogP) is 4.32. The summed E-state index contributed by atoms with van der Waals surface area (Å²) < 4.78 is 2.64. The molecule has 0 radical (unpaired) electrons. The van der Waals surface area contributed by atoms with E-state index in [-0.39, 0.29) is 0 Å². The van der Waals surface area contributed by atoms with Crippen LogP contribution in [-0.4, -0.2) is 14.6 Å². The smallest absolute Gasteiger partial charge is 0.155 e. The summed E-state index contributed by atoms with van der Waals surface area (Å²) in [5.74, 6) is 0. The topological polar surface area (TPSA) is 33.1 Å². The van der Waals surface area contributed by atoms with Crippen LogP contribution in [0.3, 0.4) is 0 Å². The number of hydrogen-bond donors (Lipinski definition) is 1. The molecule has 20 heavy (non-hydrogen) atoms. The molecule has 4 heteroatoms. The molecule has 2 aromatic heterocycles. The van der Waals surface area contributed by atoms with Crippen LogP contribution in [-0.2, 0) is 6.42 Å². The first-order valence-corrected chi connectivity index (χ1v) is 7.27. The number of aromatic nitrogens is 3. The minimum absolute atomic E-state index is 0.775. The van der Waals surface area contributed by atoms with Crippen molar-refractivity contribution in [3.8, 4) is 11.3 Å². The highest BCUT2D eigenvalue weighted by Gasteiger charge is 2.06. The molecule has 0 fully saturated rings. The third-order valence-electron chi connectivity index (χ3n) is 3.37. The third-order valence-corrected chi connectivity index (χ3v) is 3.67. The maximum Gasteiger partial charge on any atom is 0.155 e. The zero-order valence-corrected chi connectivity index (χ0v) is 12.5. The molecule has 3 rings (SSSR count). The Morgan fingerprint density at radius 1 is 1.20 bits per heavy atom. The molecule has 0 saturated heterocycles. The van der Waals surface area contributed by atoms with E-state index in [1.807, 2.05) is 10.6 Å². The number of H-pyrrole nitrogens is 1. The first kappa shape index (κ1) is 13.1. The Bertz CT molecular complexity index is 797. The highest BCUT2D eigenvalue weighted by molar-refractivity contribution is 7.71. The molecule has 0 aliphatic heterocycles. The number of fused-ring (bicyclic) bond motifs is 1. The first-order chi connectivity index (χ1) is 9.67. The van der Waals surface area contributed by atoms with Gasteiger partial charge in [-0.1, -0.05) is 55.4 Å².